The summed E-state index contributed by atoms with van der Waals surface area (Å²) in [7, 11) is 0. The van der Waals surface area contributed by atoms with E-state index in [0.717, 1.165) is 6.92 Å². The number of aliphatic carboxylic acids is 2. The number of carbonyl (C=O) groups is 2. The van der Waals surface area contributed by atoms with Crippen LogP contribution < -0.4 is 10.2 Å². The summed E-state index contributed by atoms with van der Waals surface area (Å²) >= 11 is 0. The molecule has 6 nitrogen and oxygen atoms in total. The summed E-state index contributed by atoms with van der Waals surface area (Å²) in [4.78, 5) is 21.5. The molecule has 13 heavy (non-hydrogen) atoms. The topological polar surface area (TPSA) is 113 Å². The van der Waals surface area contributed by atoms with Crippen molar-refractivity contribution in [1.29, 1.82) is 0 Å². The number of hydrogen-bond donors (Lipinski definition) is 1. The van der Waals surface area contributed by atoms with Crippen LogP contribution in [0.3, 0.4) is 0 Å². The zero-order valence-electron chi connectivity index (χ0n) is 7.39. The minimum atomic E-state index is -1.40. The van der Waals surface area contributed by atoms with Crippen LogP contribution in [0.2, 0.25) is 0 Å². The molecule has 0 heterocycles. The number of carboxylic acids is 2. The van der Waals surface area contributed by atoms with Crippen molar-refractivity contribution in [3.05, 3.63) is 0 Å². The van der Waals surface area contributed by atoms with Crippen molar-refractivity contribution in [3.8, 4) is 0 Å². The summed E-state index contributed by atoms with van der Waals surface area (Å²) in [5, 5.41) is 26.7. The molecule has 0 aliphatic carbocycles. The minimum absolute atomic E-state index is 0. The number of aliphatic hydroxyl groups is 1. The van der Waals surface area contributed by atoms with Crippen LogP contribution in [-0.4, -0.2) is 67.2 Å². The van der Waals surface area contributed by atoms with Gasteiger partial charge in [-0.2, -0.15) is 0 Å². The molecule has 0 aliphatic rings. The molecule has 1 atom stereocenters. The molecule has 0 fully saturated rings. The number of aliphatic imine (C=N–C) groups is 1. The van der Waals surface area contributed by atoms with Gasteiger partial charge in [0.05, 0.1) is 5.97 Å². The Kier molecular flexibility index (Phi) is 16.9. The van der Waals surface area contributed by atoms with Crippen molar-refractivity contribution in [2.45, 2.75) is 20.1 Å². The number of carbonyl (C=O) groups excluding carboxylic acids is 2. The van der Waals surface area contributed by atoms with E-state index in [4.69, 9.17) is 15.0 Å². The van der Waals surface area contributed by atoms with Gasteiger partial charge in [-0.05, 0) is 13.8 Å². The fourth-order valence-electron chi connectivity index (χ4n) is 0.169. The molecule has 0 aromatic heterocycles. The fourth-order valence-corrected chi connectivity index (χ4v) is 0.169. The van der Waals surface area contributed by atoms with E-state index in [1.54, 1.807) is 0 Å². The minimum Gasteiger partial charge on any atom is -0.550 e. The van der Waals surface area contributed by atoms with Crippen molar-refractivity contribution in [1.82, 2.24) is 0 Å². The quantitative estimate of drug-likeness (QED) is 0.379. The largest absolute Gasteiger partial charge is 2.00 e. The number of aliphatic hydroxyl groups excluding tert-OH is 1. The van der Waals surface area contributed by atoms with Crippen LogP contribution in [-0.2, 0) is 9.59 Å². The Balaban J connectivity index is -0.000000173. The molecule has 0 radical (unpaired) electrons. The summed E-state index contributed by atoms with van der Waals surface area (Å²) in [6.45, 7) is 2.32. The fraction of sp³-hybridized carbons (Fsp3) is 0.500. The van der Waals surface area contributed by atoms with E-state index in [0.29, 0.717) is 6.21 Å². The molecule has 70 valence electrons. The third-order valence-corrected chi connectivity index (χ3v) is 0.396. The Morgan fingerprint density at radius 1 is 1.46 bits per heavy atom. The molecule has 1 unspecified atom stereocenters. The second kappa shape index (κ2) is 11.8. The Hall–Kier alpha value is -0.170. The molecule has 0 saturated heterocycles. The van der Waals surface area contributed by atoms with Crippen LogP contribution >= 0.6 is 0 Å². The summed E-state index contributed by atoms with van der Waals surface area (Å²) in [5.41, 5.74) is 0. The first kappa shape index (κ1) is 18.6. The summed E-state index contributed by atoms with van der Waals surface area (Å²) < 4.78 is 0. The van der Waals surface area contributed by atoms with Gasteiger partial charge in [-0.15, -0.1) is 0 Å². The maximum Gasteiger partial charge on any atom is 2.00 e. The standard InChI is InChI=1S/C4H7NO3.C2H4O2.Ca/c1-3(6)5-2-4(7)8;1-2(3)4;/h2-3,6H,1H3,(H,7,8);1H3,(H,3,4);/q;;+2/p-2. The van der Waals surface area contributed by atoms with Gasteiger partial charge in [-0.1, -0.05) is 0 Å². The predicted molar refractivity (Wildman–Crippen MR) is 41.6 cm³/mol. The van der Waals surface area contributed by atoms with Gasteiger partial charge < -0.3 is 24.9 Å². The Morgan fingerprint density at radius 2 is 1.77 bits per heavy atom. The van der Waals surface area contributed by atoms with Crippen molar-refractivity contribution >= 4 is 55.9 Å². The zero-order chi connectivity index (χ0) is 10.1. The molecule has 0 rings (SSSR count). The second-order valence-corrected chi connectivity index (χ2v) is 1.72. The Labute approximate surface area is 105 Å². The molecular formula is C6H9CaNO5. The van der Waals surface area contributed by atoms with Crippen LogP contribution in [0.1, 0.15) is 13.8 Å². The van der Waals surface area contributed by atoms with E-state index in [2.05, 4.69) is 4.99 Å². The van der Waals surface area contributed by atoms with Gasteiger partial charge in [0, 0.05) is 12.2 Å². The van der Waals surface area contributed by atoms with E-state index in [1.165, 1.54) is 6.92 Å². The number of hydrogen-bond acceptors (Lipinski definition) is 6. The van der Waals surface area contributed by atoms with E-state index in [1.807, 2.05) is 0 Å². The van der Waals surface area contributed by atoms with Crippen molar-refractivity contribution in [3.63, 3.8) is 0 Å². The average Bonchev–Trinajstić information content (AvgIpc) is 1.82. The maximum absolute atomic E-state index is 9.53. The molecule has 7 heteroatoms. The first-order valence-corrected chi connectivity index (χ1v) is 2.96. The van der Waals surface area contributed by atoms with Crippen LogP contribution in [0.25, 0.3) is 0 Å². The van der Waals surface area contributed by atoms with E-state index >= 15 is 0 Å². The van der Waals surface area contributed by atoms with E-state index in [-0.39, 0.29) is 37.7 Å². The maximum atomic E-state index is 9.53. The van der Waals surface area contributed by atoms with Gasteiger partial charge in [0.2, 0.25) is 0 Å². The molecule has 0 aliphatic heterocycles. The molecule has 0 aromatic rings. The molecule has 0 saturated carbocycles. The monoisotopic (exact) mass is 215 g/mol. The second-order valence-electron chi connectivity index (χ2n) is 1.72. The van der Waals surface area contributed by atoms with Gasteiger partial charge in [-0.3, -0.25) is 4.99 Å². The van der Waals surface area contributed by atoms with Gasteiger partial charge in [0.25, 0.3) is 0 Å². The number of rotatable bonds is 2. The summed E-state index contributed by atoms with van der Waals surface area (Å²) in [6, 6.07) is 0. The van der Waals surface area contributed by atoms with Gasteiger partial charge >= 0.3 is 37.7 Å². The van der Waals surface area contributed by atoms with Gasteiger partial charge in [-0.25, -0.2) is 0 Å². The summed E-state index contributed by atoms with van der Waals surface area (Å²) in [5.74, 6) is -2.48. The third-order valence-electron chi connectivity index (χ3n) is 0.396. The van der Waals surface area contributed by atoms with Crippen LogP contribution in [0.5, 0.6) is 0 Å². The van der Waals surface area contributed by atoms with Crippen LogP contribution in [0.4, 0.5) is 0 Å². The van der Waals surface area contributed by atoms with Gasteiger partial charge in [0.1, 0.15) is 6.23 Å². The van der Waals surface area contributed by atoms with Crippen LogP contribution in [0.15, 0.2) is 4.99 Å². The third kappa shape index (κ3) is 49.0. The first-order valence-electron chi connectivity index (χ1n) is 2.96. The zero-order valence-corrected chi connectivity index (χ0v) is 9.60. The first-order chi connectivity index (χ1) is 5.36. The molecule has 0 amide bonds. The van der Waals surface area contributed by atoms with Gasteiger partial charge in [0.15, 0.2) is 0 Å². The van der Waals surface area contributed by atoms with Crippen molar-refractivity contribution in [2.24, 2.45) is 4.99 Å². The molecule has 1 N–H and O–H groups in total. The molecule has 0 aromatic carbocycles. The van der Waals surface area contributed by atoms with E-state index in [9.17, 15) is 9.90 Å². The molecule has 0 bridgehead atoms. The van der Waals surface area contributed by atoms with E-state index < -0.39 is 18.2 Å². The number of carboxylic acid groups (broad SMARTS) is 2. The SMILES string of the molecule is CC(=O)[O-].CC(O)N=CC(=O)[O-].[Ca+2]. The number of nitrogens with zero attached hydrogens (tertiary/aromatic N) is 1. The average molecular weight is 215 g/mol. The Bertz CT molecular complexity index is 176. The molecule has 0 spiro atoms. The summed E-state index contributed by atoms with van der Waals surface area (Å²) in [6.07, 6.45) is -0.419. The van der Waals surface area contributed by atoms with Crippen LogP contribution in [0, 0.1) is 0 Å². The smallest absolute Gasteiger partial charge is 0.550 e. The van der Waals surface area contributed by atoms with Crippen molar-refractivity contribution < 1.29 is 24.9 Å². The Morgan fingerprint density at radius 3 is 1.85 bits per heavy atom. The van der Waals surface area contributed by atoms with Crippen molar-refractivity contribution in [2.75, 3.05) is 0 Å². The normalized spacial score (nSPS) is 10.7. The molecular weight excluding hydrogens is 206 g/mol. The predicted octanol–water partition coefficient (Wildman–Crippen LogP) is -3.48.